The number of benzene rings is 9. The fraction of sp³-hybridized carbons (Fsp3) is 0. The van der Waals surface area contributed by atoms with Gasteiger partial charge in [-0.2, -0.15) is 0 Å². The van der Waals surface area contributed by atoms with Gasteiger partial charge in [0.1, 0.15) is 77.3 Å². The minimum atomic E-state index is 0.861. The predicted molar refractivity (Wildman–Crippen MR) is 287 cm³/mol. The maximum atomic E-state index is 6.45. The molecule has 0 saturated carbocycles. The third kappa shape index (κ3) is 5.84. The van der Waals surface area contributed by atoms with Gasteiger partial charge >= 0.3 is 0 Å². The van der Waals surface area contributed by atoms with Gasteiger partial charge in [-0.1, -0.05) is 125 Å². The molecule has 2 aromatic heterocycles. The third-order valence-electron chi connectivity index (χ3n) is 13.9. The lowest BCUT2D eigenvalue weighted by Crippen LogP contribution is -2.52. The van der Waals surface area contributed by atoms with E-state index < -0.39 is 0 Å². The van der Waals surface area contributed by atoms with Gasteiger partial charge < -0.3 is 13.7 Å². The Kier molecular flexibility index (Phi) is 8.98. The maximum Gasteiger partial charge on any atom is 0.143 e. The number of hydrogen-bond acceptors (Lipinski definition) is 3. The Morgan fingerprint density at radius 3 is 1.58 bits per heavy atom. The van der Waals surface area contributed by atoms with Crippen LogP contribution >= 0.6 is 0 Å². The molecule has 0 aliphatic rings. The van der Waals surface area contributed by atoms with Crippen LogP contribution in [0.1, 0.15) is 0 Å². The molecular formula is C52H40B7NO2. The topological polar surface area (TPSA) is 29.5 Å². The number of hydrogen-bond donors (Lipinski definition) is 0. The van der Waals surface area contributed by atoms with Crippen LogP contribution in [0.15, 0.2) is 167 Å². The second-order valence-electron chi connectivity index (χ2n) is 17.0. The summed E-state index contributed by atoms with van der Waals surface area (Å²) in [6, 6.07) is 56.4. The molecular weight excluding hydrogens is 746 g/mol. The van der Waals surface area contributed by atoms with Crippen LogP contribution in [-0.4, -0.2) is 54.9 Å². The number of anilines is 3. The molecule has 0 radical (unpaired) electrons. The highest BCUT2D eigenvalue weighted by Crippen LogP contribution is 2.44. The van der Waals surface area contributed by atoms with Crippen LogP contribution in [-0.2, 0) is 0 Å². The highest BCUT2D eigenvalue weighted by atomic mass is 16.3. The third-order valence-corrected chi connectivity index (χ3v) is 13.9. The molecule has 0 saturated heterocycles. The SMILES string of the molecule is Bc1c(B)c(B)c2c(-c3cccc(-c4ccc(N(c5ccc(-c6cccc7c6oc6ccccc67)cc5)c5cccc6oc7ccccc7c56)cc4)c3)c(B)c(B)c(B)c2c1B. The van der Waals surface area contributed by atoms with Crippen molar-refractivity contribution in [3.63, 3.8) is 0 Å². The average molecular weight is 787 g/mol. The Hall–Kier alpha value is -6.91. The van der Waals surface area contributed by atoms with Crippen molar-refractivity contribution in [1.82, 2.24) is 0 Å². The first-order valence-electron chi connectivity index (χ1n) is 21.6. The molecule has 2 heterocycles. The summed E-state index contributed by atoms with van der Waals surface area (Å²) in [5, 5.41) is 7.22. The van der Waals surface area contributed by atoms with E-state index in [1.54, 1.807) is 0 Å². The Bertz CT molecular complexity index is 3610. The van der Waals surface area contributed by atoms with Crippen molar-refractivity contribution >= 4 is 165 Å². The average Bonchev–Trinajstić information content (AvgIpc) is 3.89. The molecule has 286 valence electrons. The lowest BCUT2D eigenvalue weighted by molar-refractivity contribution is 0.669. The van der Waals surface area contributed by atoms with Crippen LogP contribution in [0.3, 0.4) is 0 Å². The molecule has 0 N–H and O–H groups in total. The van der Waals surface area contributed by atoms with Gasteiger partial charge in [-0.15, -0.1) is 16.4 Å². The highest BCUT2D eigenvalue weighted by molar-refractivity contribution is 6.71. The Morgan fingerprint density at radius 1 is 0.339 bits per heavy atom. The second kappa shape index (κ2) is 14.6. The van der Waals surface area contributed by atoms with Gasteiger partial charge in [0.25, 0.3) is 0 Å². The van der Waals surface area contributed by atoms with Gasteiger partial charge in [0.2, 0.25) is 0 Å². The van der Waals surface area contributed by atoms with Crippen LogP contribution in [0.5, 0.6) is 0 Å². The Morgan fingerprint density at radius 2 is 0.871 bits per heavy atom. The molecule has 62 heavy (non-hydrogen) atoms. The lowest BCUT2D eigenvalue weighted by Gasteiger charge is -2.27. The van der Waals surface area contributed by atoms with Crippen molar-refractivity contribution in [2.24, 2.45) is 0 Å². The quantitative estimate of drug-likeness (QED) is 0.243. The predicted octanol–water partition coefficient (Wildman–Crippen LogP) is 2.92. The zero-order chi connectivity index (χ0) is 42.4. The first-order valence-corrected chi connectivity index (χ1v) is 21.6. The van der Waals surface area contributed by atoms with Crippen LogP contribution < -0.4 is 43.1 Å². The number of para-hydroxylation sites is 3. The van der Waals surface area contributed by atoms with E-state index in [4.69, 9.17) is 8.83 Å². The molecule has 11 aromatic rings. The van der Waals surface area contributed by atoms with Crippen molar-refractivity contribution in [3.8, 4) is 33.4 Å². The highest BCUT2D eigenvalue weighted by Gasteiger charge is 2.22. The lowest BCUT2D eigenvalue weighted by atomic mass is 9.59. The molecule has 0 bridgehead atoms. The van der Waals surface area contributed by atoms with E-state index in [9.17, 15) is 0 Å². The summed E-state index contributed by atoms with van der Waals surface area (Å²) >= 11 is 0. The van der Waals surface area contributed by atoms with E-state index in [-0.39, 0.29) is 0 Å². The van der Waals surface area contributed by atoms with Gasteiger partial charge in [-0.3, -0.25) is 0 Å². The first-order chi connectivity index (χ1) is 30.2. The zero-order valence-electron chi connectivity index (χ0n) is 36.3. The van der Waals surface area contributed by atoms with Crippen molar-refractivity contribution in [2.45, 2.75) is 0 Å². The monoisotopic (exact) mass is 787 g/mol. The summed E-state index contributed by atoms with van der Waals surface area (Å²) in [5.41, 5.74) is 23.5. The van der Waals surface area contributed by atoms with Crippen molar-refractivity contribution < 1.29 is 8.83 Å². The van der Waals surface area contributed by atoms with Crippen LogP contribution in [0, 0.1) is 0 Å². The Balaban J connectivity index is 1.03. The number of nitrogens with zero attached hydrogens (tertiary/aromatic N) is 1. The summed E-state index contributed by atoms with van der Waals surface area (Å²) in [4.78, 5) is 2.36. The van der Waals surface area contributed by atoms with Crippen LogP contribution in [0.2, 0.25) is 0 Å². The summed E-state index contributed by atoms with van der Waals surface area (Å²) in [6.07, 6.45) is 0. The summed E-state index contributed by atoms with van der Waals surface area (Å²) in [5.74, 6) is 0. The van der Waals surface area contributed by atoms with Gasteiger partial charge in [-0.05, 0) is 93.2 Å². The van der Waals surface area contributed by atoms with E-state index in [0.717, 1.165) is 72.1 Å². The van der Waals surface area contributed by atoms with Gasteiger partial charge in [0.15, 0.2) is 0 Å². The maximum absolute atomic E-state index is 6.45. The number of fused-ring (bicyclic) bond motifs is 7. The molecule has 0 fully saturated rings. The van der Waals surface area contributed by atoms with Gasteiger partial charge in [0.05, 0.1) is 11.1 Å². The Labute approximate surface area is 368 Å². The number of furan rings is 2. The van der Waals surface area contributed by atoms with E-state index in [0.29, 0.717) is 0 Å². The van der Waals surface area contributed by atoms with Crippen LogP contribution in [0.4, 0.5) is 17.1 Å². The van der Waals surface area contributed by atoms with Gasteiger partial charge in [-0.25, -0.2) is 0 Å². The molecule has 0 spiro atoms. The number of rotatable bonds is 6. The minimum Gasteiger partial charge on any atom is -0.456 e. The summed E-state index contributed by atoms with van der Waals surface area (Å²) in [6.45, 7) is 0. The zero-order valence-corrected chi connectivity index (χ0v) is 36.3. The smallest absolute Gasteiger partial charge is 0.143 e. The first kappa shape index (κ1) is 38.0. The molecule has 0 aliphatic heterocycles. The normalized spacial score (nSPS) is 11.7. The standard InChI is InChI=1S/C52H40B7NO2/c53-45-41(43-44(47(55)49(45)57)48(56)51(59)50(58)46(43)54)30-9-5-8-29(26-30)27-18-22-31(23-19-27)60(37-14-7-17-40-42(37)36-11-2-4-16-39(36)61-40)32-24-20-28(21-25-32)33-12-6-13-35-34-10-1-3-15-38(34)62-52(33)35/h1-26H,53-59H2. The minimum absolute atomic E-state index is 0.861. The van der Waals surface area contributed by atoms with E-state index in [2.05, 4.69) is 193 Å². The van der Waals surface area contributed by atoms with E-state index in [1.807, 2.05) is 24.3 Å². The summed E-state index contributed by atoms with van der Waals surface area (Å²) in [7, 11) is 16.0. The molecule has 10 heteroatoms. The fourth-order valence-corrected chi connectivity index (χ4v) is 10.1. The molecule has 11 rings (SSSR count). The molecule has 0 unspecified atom stereocenters. The molecule has 3 nitrogen and oxygen atoms in total. The second-order valence-corrected chi connectivity index (χ2v) is 17.0. The molecule has 0 atom stereocenters. The molecule has 9 aromatic carbocycles. The largest absolute Gasteiger partial charge is 0.456 e. The van der Waals surface area contributed by atoms with Crippen molar-refractivity contribution in [2.75, 3.05) is 4.90 Å². The molecule has 0 amide bonds. The van der Waals surface area contributed by atoms with Crippen molar-refractivity contribution in [3.05, 3.63) is 158 Å². The van der Waals surface area contributed by atoms with E-state index in [1.165, 1.54) is 71.3 Å². The summed E-state index contributed by atoms with van der Waals surface area (Å²) < 4.78 is 12.9. The van der Waals surface area contributed by atoms with Crippen LogP contribution in [0.25, 0.3) is 88.0 Å². The van der Waals surface area contributed by atoms with Gasteiger partial charge in [0, 0.05) is 33.1 Å². The van der Waals surface area contributed by atoms with Crippen molar-refractivity contribution in [1.29, 1.82) is 0 Å². The van der Waals surface area contributed by atoms with E-state index >= 15 is 0 Å². The molecule has 0 aliphatic carbocycles. The fourth-order valence-electron chi connectivity index (χ4n) is 10.1.